The highest BCUT2D eigenvalue weighted by molar-refractivity contribution is 7.98. The third kappa shape index (κ3) is 3.31. The van der Waals surface area contributed by atoms with E-state index in [1.807, 2.05) is 41.2 Å². The number of nitrogens with zero attached hydrogens (tertiary/aromatic N) is 5. The SMILES string of the molecule is Nn1c(SCc2ccc(-n3cccn3)cc2)nnc1-c1ccc(F)cc1. The van der Waals surface area contributed by atoms with Crippen molar-refractivity contribution in [3.8, 4) is 17.1 Å². The fourth-order valence-corrected chi connectivity index (χ4v) is 3.30. The zero-order chi connectivity index (χ0) is 17.9. The molecule has 2 aromatic carbocycles. The van der Waals surface area contributed by atoms with Crippen LogP contribution in [0.4, 0.5) is 4.39 Å². The number of nitrogens with two attached hydrogens (primary N) is 1. The Balaban J connectivity index is 1.46. The lowest BCUT2D eigenvalue weighted by molar-refractivity contribution is 0.628. The van der Waals surface area contributed by atoms with E-state index in [0.717, 1.165) is 16.8 Å². The largest absolute Gasteiger partial charge is 0.335 e. The number of rotatable bonds is 5. The van der Waals surface area contributed by atoms with Gasteiger partial charge in [-0.1, -0.05) is 23.9 Å². The summed E-state index contributed by atoms with van der Waals surface area (Å²) in [7, 11) is 0. The van der Waals surface area contributed by atoms with Crippen molar-refractivity contribution in [3.63, 3.8) is 0 Å². The van der Waals surface area contributed by atoms with Gasteiger partial charge in [-0.2, -0.15) is 5.10 Å². The lowest BCUT2D eigenvalue weighted by Crippen LogP contribution is -2.11. The van der Waals surface area contributed by atoms with E-state index in [1.165, 1.54) is 28.6 Å². The Labute approximate surface area is 153 Å². The summed E-state index contributed by atoms with van der Waals surface area (Å²) in [5.41, 5.74) is 2.86. The second kappa shape index (κ2) is 7.01. The first-order valence-electron chi connectivity index (χ1n) is 7.89. The molecule has 4 rings (SSSR count). The van der Waals surface area contributed by atoms with E-state index in [2.05, 4.69) is 15.3 Å². The van der Waals surface area contributed by atoms with Crippen molar-refractivity contribution in [1.29, 1.82) is 0 Å². The van der Waals surface area contributed by atoms with Crippen LogP contribution in [0.1, 0.15) is 5.56 Å². The van der Waals surface area contributed by atoms with Crippen molar-refractivity contribution in [1.82, 2.24) is 24.7 Å². The lowest BCUT2D eigenvalue weighted by atomic mass is 10.2. The van der Waals surface area contributed by atoms with Crippen LogP contribution < -0.4 is 5.84 Å². The van der Waals surface area contributed by atoms with Crippen LogP contribution in [0.5, 0.6) is 0 Å². The van der Waals surface area contributed by atoms with Crippen LogP contribution in [0.15, 0.2) is 72.1 Å². The van der Waals surface area contributed by atoms with Gasteiger partial charge in [-0.25, -0.2) is 13.7 Å². The maximum Gasteiger partial charge on any atom is 0.210 e. The topological polar surface area (TPSA) is 74.5 Å². The molecule has 130 valence electrons. The number of halogens is 1. The van der Waals surface area contributed by atoms with Gasteiger partial charge in [0.1, 0.15) is 5.82 Å². The second-order valence-corrected chi connectivity index (χ2v) is 6.53. The zero-order valence-corrected chi connectivity index (χ0v) is 14.5. The molecule has 0 unspecified atom stereocenters. The Kier molecular flexibility index (Phi) is 4.40. The van der Waals surface area contributed by atoms with E-state index in [-0.39, 0.29) is 5.82 Å². The summed E-state index contributed by atoms with van der Waals surface area (Å²) in [4.78, 5) is 0. The summed E-state index contributed by atoms with van der Waals surface area (Å²) < 4.78 is 16.3. The molecule has 0 aliphatic rings. The average molecular weight is 366 g/mol. The Bertz CT molecular complexity index is 993. The van der Waals surface area contributed by atoms with Crippen LogP contribution in [0.3, 0.4) is 0 Å². The molecule has 0 spiro atoms. The molecule has 2 aromatic heterocycles. The second-order valence-electron chi connectivity index (χ2n) is 5.59. The Morgan fingerprint density at radius 3 is 2.46 bits per heavy atom. The van der Waals surface area contributed by atoms with Gasteiger partial charge < -0.3 is 5.84 Å². The maximum absolute atomic E-state index is 13.1. The molecule has 2 heterocycles. The van der Waals surface area contributed by atoms with Gasteiger partial charge in [0.2, 0.25) is 5.16 Å². The standard InChI is InChI=1S/C18H15FN6S/c19-15-6-4-14(5-7-15)17-22-23-18(25(17)20)26-12-13-2-8-16(9-3-13)24-11-1-10-21-24/h1-11H,12,20H2. The highest BCUT2D eigenvalue weighted by Crippen LogP contribution is 2.24. The molecule has 0 radical (unpaired) electrons. The van der Waals surface area contributed by atoms with Gasteiger partial charge in [0.05, 0.1) is 5.69 Å². The average Bonchev–Trinajstić information content (AvgIpc) is 3.32. The normalized spacial score (nSPS) is 11.0. The maximum atomic E-state index is 13.1. The van der Waals surface area contributed by atoms with E-state index >= 15 is 0 Å². The molecule has 2 N–H and O–H groups in total. The highest BCUT2D eigenvalue weighted by Gasteiger charge is 2.12. The minimum atomic E-state index is -0.301. The number of nitrogen functional groups attached to an aromatic ring is 1. The van der Waals surface area contributed by atoms with Gasteiger partial charge in [0.15, 0.2) is 5.82 Å². The van der Waals surface area contributed by atoms with Gasteiger partial charge in [0.25, 0.3) is 0 Å². The first kappa shape index (κ1) is 16.3. The van der Waals surface area contributed by atoms with E-state index in [9.17, 15) is 4.39 Å². The van der Waals surface area contributed by atoms with Crippen LogP contribution in [0.25, 0.3) is 17.1 Å². The first-order chi connectivity index (χ1) is 12.7. The molecule has 0 saturated heterocycles. The van der Waals surface area contributed by atoms with Crippen LogP contribution in [-0.2, 0) is 5.75 Å². The predicted octanol–water partition coefficient (Wildman–Crippen LogP) is 3.28. The van der Waals surface area contributed by atoms with Crippen LogP contribution >= 0.6 is 11.8 Å². The van der Waals surface area contributed by atoms with Crippen molar-refractivity contribution in [2.45, 2.75) is 10.9 Å². The monoisotopic (exact) mass is 366 g/mol. The van der Waals surface area contributed by atoms with Crippen molar-refractivity contribution < 1.29 is 4.39 Å². The smallest absolute Gasteiger partial charge is 0.210 e. The number of benzene rings is 2. The van der Waals surface area contributed by atoms with Crippen molar-refractivity contribution in [3.05, 3.63) is 78.4 Å². The third-order valence-electron chi connectivity index (χ3n) is 3.84. The van der Waals surface area contributed by atoms with E-state index in [4.69, 9.17) is 5.84 Å². The van der Waals surface area contributed by atoms with Crippen molar-refractivity contribution >= 4 is 11.8 Å². The number of aromatic nitrogens is 5. The molecule has 26 heavy (non-hydrogen) atoms. The van der Waals surface area contributed by atoms with Gasteiger partial charge in [-0.3, -0.25) is 0 Å². The quantitative estimate of drug-likeness (QED) is 0.433. The van der Waals surface area contributed by atoms with Crippen molar-refractivity contribution in [2.24, 2.45) is 0 Å². The summed E-state index contributed by atoms with van der Waals surface area (Å²) in [5, 5.41) is 13.0. The van der Waals surface area contributed by atoms with Crippen LogP contribution in [0, 0.1) is 5.82 Å². The van der Waals surface area contributed by atoms with Crippen molar-refractivity contribution in [2.75, 3.05) is 5.84 Å². The molecule has 0 saturated carbocycles. The van der Waals surface area contributed by atoms with E-state index < -0.39 is 0 Å². The number of hydrogen-bond donors (Lipinski definition) is 1. The van der Waals surface area contributed by atoms with Gasteiger partial charge in [-0.05, 0) is 48.0 Å². The third-order valence-corrected chi connectivity index (χ3v) is 4.85. The zero-order valence-electron chi connectivity index (χ0n) is 13.7. The van der Waals surface area contributed by atoms with Gasteiger partial charge >= 0.3 is 0 Å². The van der Waals surface area contributed by atoms with E-state index in [1.54, 1.807) is 18.3 Å². The molecule has 8 heteroatoms. The fourth-order valence-electron chi connectivity index (χ4n) is 2.49. The highest BCUT2D eigenvalue weighted by atomic mass is 32.2. The summed E-state index contributed by atoms with van der Waals surface area (Å²) in [6, 6.07) is 16.0. The molecule has 0 bridgehead atoms. The van der Waals surface area contributed by atoms with Crippen LogP contribution in [0.2, 0.25) is 0 Å². The molecule has 0 amide bonds. The van der Waals surface area contributed by atoms with Gasteiger partial charge in [0, 0.05) is 23.7 Å². The molecule has 0 aliphatic heterocycles. The van der Waals surface area contributed by atoms with Gasteiger partial charge in [-0.15, -0.1) is 10.2 Å². The lowest BCUT2D eigenvalue weighted by Gasteiger charge is -2.05. The fraction of sp³-hybridized carbons (Fsp3) is 0.0556. The first-order valence-corrected chi connectivity index (χ1v) is 8.87. The number of thioether (sulfide) groups is 1. The summed E-state index contributed by atoms with van der Waals surface area (Å²) in [6.07, 6.45) is 3.65. The molecule has 6 nitrogen and oxygen atoms in total. The van der Waals surface area contributed by atoms with Crippen LogP contribution in [-0.4, -0.2) is 24.7 Å². The summed E-state index contributed by atoms with van der Waals surface area (Å²) >= 11 is 1.49. The Morgan fingerprint density at radius 2 is 1.77 bits per heavy atom. The molecule has 0 fully saturated rings. The summed E-state index contributed by atoms with van der Waals surface area (Å²) in [6.45, 7) is 0. The Morgan fingerprint density at radius 1 is 1.00 bits per heavy atom. The Hall–Kier alpha value is -3.13. The minimum Gasteiger partial charge on any atom is -0.335 e. The minimum absolute atomic E-state index is 0.301. The molecular weight excluding hydrogens is 351 g/mol. The number of hydrogen-bond acceptors (Lipinski definition) is 5. The molecule has 0 atom stereocenters. The predicted molar refractivity (Wildman–Crippen MR) is 98.7 cm³/mol. The molecule has 4 aromatic rings. The molecule has 0 aliphatic carbocycles. The summed E-state index contributed by atoms with van der Waals surface area (Å²) in [5.74, 6) is 7.00. The molecular formula is C18H15FN6S. The van der Waals surface area contributed by atoms with E-state index in [0.29, 0.717) is 16.7 Å².